The molecule has 130 valence electrons. The van der Waals surface area contributed by atoms with Crippen molar-refractivity contribution < 1.29 is 13.2 Å². The Morgan fingerprint density at radius 3 is 2.33 bits per heavy atom. The lowest BCUT2D eigenvalue weighted by Crippen LogP contribution is -2.28. The minimum absolute atomic E-state index is 0.191. The molecule has 0 bridgehead atoms. The molecule has 0 atom stereocenters. The van der Waals surface area contributed by atoms with Crippen LogP contribution in [0.4, 0.5) is 0 Å². The van der Waals surface area contributed by atoms with E-state index in [2.05, 4.69) is 4.72 Å². The maximum Gasteiger partial charge on any atom is 0.240 e. The summed E-state index contributed by atoms with van der Waals surface area (Å²) in [7, 11) is -3.57. The highest BCUT2D eigenvalue weighted by Crippen LogP contribution is 2.25. The zero-order chi connectivity index (χ0) is 17.9. The van der Waals surface area contributed by atoms with Crippen LogP contribution in [0.15, 0.2) is 35.2 Å². The molecule has 0 radical (unpaired) electrons. The van der Waals surface area contributed by atoms with Crippen molar-refractivity contribution in [1.82, 2.24) is 4.72 Å². The quantitative estimate of drug-likeness (QED) is 0.787. The molecule has 0 aromatic heterocycles. The van der Waals surface area contributed by atoms with Crippen molar-refractivity contribution >= 4 is 21.6 Å². The van der Waals surface area contributed by atoms with Gasteiger partial charge in [-0.3, -0.25) is 0 Å². The van der Waals surface area contributed by atoms with E-state index in [1.807, 2.05) is 32.9 Å². The number of hydrogen-bond donors (Lipinski definition) is 1. The van der Waals surface area contributed by atoms with E-state index < -0.39 is 10.0 Å². The van der Waals surface area contributed by atoms with Gasteiger partial charge in [0, 0.05) is 11.6 Å². The Bertz CT molecular complexity index is 848. The van der Waals surface area contributed by atoms with E-state index in [0.717, 1.165) is 28.0 Å². The van der Waals surface area contributed by atoms with Gasteiger partial charge in [-0.1, -0.05) is 23.7 Å². The Morgan fingerprint density at radius 1 is 1.00 bits per heavy atom. The van der Waals surface area contributed by atoms with Crippen LogP contribution in [0.1, 0.15) is 22.3 Å². The van der Waals surface area contributed by atoms with E-state index in [1.165, 1.54) is 6.07 Å². The summed E-state index contributed by atoms with van der Waals surface area (Å²) in [6.07, 6.45) is 0. The highest BCUT2D eigenvalue weighted by atomic mass is 35.5. The molecular weight excluding hydrogens is 346 g/mol. The Kier molecular flexibility index (Phi) is 5.91. The molecule has 0 aliphatic rings. The number of ether oxygens (including phenoxy) is 1. The Labute approximate surface area is 148 Å². The normalized spacial score (nSPS) is 11.5. The molecule has 2 aromatic carbocycles. The zero-order valence-electron chi connectivity index (χ0n) is 14.3. The van der Waals surface area contributed by atoms with Crippen LogP contribution in [-0.4, -0.2) is 21.6 Å². The van der Waals surface area contributed by atoms with Crippen LogP contribution in [0.25, 0.3) is 0 Å². The first-order chi connectivity index (χ1) is 11.2. The number of halogens is 1. The molecule has 0 spiro atoms. The lowest BCUT2D eigenvalue weighted by atomic mass is 10.1. The first kappa shape index (κ1) is 18.8. The fourth-order valence-electron chi connectivity index (χ4n) is 2.34. The monoisotopic (exact) mass is 367 g/mol. The molecule has 1 N–H and O–H groups in total. The van der Waals surface area contributed by atoms with Gasteiger partial charge in [0.2, 0.25) is 10.0 Å². The summed E-state index contributed by atoms with van der Waals surface area (Å²) in [5, 5.41) is 0.544. The lowest BCUT2D eigenvalue weighted by Gasteiger charge is -2.14. The van der Waals surface area contributed by atoms with Gasteiger partial charge in [-0.2, -0.15) is 0 Å². The number of sulfonamides is 1. The maximum atomic E-state index is 12.3. The minimum Gasteiger partial charge on any atom is -0.492 e. The summed E-state index contributed by atoms with van der Waals surface area (Å²) in [5.74, 6) is 0.816. The summed E-state index contributed by atoms with van der Waals surface area (Å²) in [6, 6.07) is 8.68. The van der Waals surface area contributed by atoms with E-state index >= 15 is 0 Å². The van der Waals surface area contributed by atoms with Gasteiger partial charge in [0.25, 0.3) is 0 Å². The summed E-state index contributed by atoms with van der Waals surface area (Å²) >= 11 is 5.93. The first-order valence-corrected chi connectivity index (χ1v) is 9.54. The molecular formula is C18H22ClNO3S. The van der Waals surface area contributed by atoms with Crippen molar-refractivity contribution in [2.24, 2.45) is 0 Å². The van der Waals surface area contributed by atoms with Crippen LogP contribution in [0.5, 0.6) is 5.75 Å². The van der Waals surface area contributed by atoms with E-state index in [-0.39, 0.29) is 18.0 Å². The van der Waals surface area contributed by atoms with Gasteiger partial charge in [-0.25, -0.2) is 13.1 Å². The second kappa shape index (κ2) is 7.55. The standard InChI is InChI=1S/C18H22ClNO3S/c1-12-5-6-13(2)18(15(12)4)23-10-9-20-24(21,22)16-7-8-17(19)14(3)11-16/h5-8,11,20H,9-10H2,1-4H3. The Morgan fingerprint density at radius 2 is 1.67 bits per heavy atom. The van der Waals surface area contributed by atoms with Crippen molar-refractivity contribution in [2.45, 2.75) is 32.6 Å². The van der Waals surface area contributed by atoms with E-state index in [4.69, 9.17) is 16.3 Å². The SMILES string of the molecule is Cc1cc(S(=O)(=O)NCCOc2c(C)ccc(C)c2C)ccc1Cl. The highest BCUT2D eigenvalue weighted by Gasteiger charge is 2.14. The van der Waals surface area contributed by atoms with E-state index in [0.29, 0.717) is 5.02 Å². The highest BCUT2D eigenvalue weighted by molar-refractivity contribution is 7.89. The lowest BCUT2D eigenvalue weighted by molar-refractivity contribution is 0.318. The van der Waals surface area contributed by atoms with Crippen LogP contribution in [-0.2, 0) is 10.0 Å². The number of benzene rings is 2. The van der Waals surface area contributed by atoms with Crippen molar-refractivity contribution in [3.63, 3.8) is 0 Å². The van der Waals surface area contributed by atoms with Crippen LogP contribution >= 0.6 is 11.6 Å². The molecule has 4 nitrogen and oxygen atoms in total. The van der Waals surface area contributed by atoms with Crippen molar-refractivity contribution in [3.05, 3.63) is 57.6 Å². The number of aryl methyl sites for hydroxylation is 3. The van der Waals surface area contributed by atoms with Crippen molar-refractivity contribution in [3.8, 4) is 5.75 Å². The molecule has 0 aliphatic carbocycles. The number of rotatable bonds is 6. The second-order valence-electron chi connectivity index (χ2n) is 5.81. The van der Waals surface area contributed by atoms with Gasteiger partial charge in [0.1, 0.15) is 12.4 Å². The Hall–Kier alpha value is -1.56. The molecule has 0 aliphatic heterocycles. The largest absolute Gasteiger partial charge is 0.492 e. The Balaban J connectivity index is 1.99. The number of hydrogen-bond acceptors (Lipinski definition) is 3. The third-order valence-electron chi connectivity index (χ3n) is 3.95. The fraction of sp³-hybridized carbons (Fsp3) is 0.333. The van der Waals surface area contributed by atoms with Gasteiger partial charge < -0.3 is 4.74 Å². The average Bonchev–Trinajstić information content (AvgIpc) is 2.53. The molecule has 2 aromatic rings. The molecule has 0 saturated carbocycles. The van der Waals surface area contributed by atoms with Crippen LogP contribution in [0.2, 0.25) is 5.02 Å². The van der Waals surface area contributed by atoms with Crippen molar-refractivity contribution in [1.29, 1.82) is 0 Å². The average molecular weight is 368 g/mol. The fourth-order valence-corrected chi connectivity index (χ4v) is 3.56. The van der Waals surface area contributed by atoms with Gasteiger partial charge >= 0.3 is 0 Å². The molecule has 6 heteroatoms. The summed E-state index contributed by atoms with van der Waals surface area (Å²) in [6.45, 7) is 8.22. The van der Waals surface area contributed by atoms with Crippen LogP contribution in [0.3, 0.4) is 0 Å². The molecule has 0 unspecified atom stereocenters. The predicted octanol–water partition coefficient (Wildman–Crippen LogP) is 3.93. The van der Waals surface area contributed by atoms with E-state index in [9.17, 15) is 8.42 Å². The summed E-state index contributed by atoms with van der Waals surface area (Å²) < 4.78 is 32.9. The molecule has 0 saturated heterocycles. The minimum atomic E-state index is -3.57. The third kappa shape index (κ3) is 4.29. The van der Waals surface area contributed by atoms with Gasteiger partial charge in [0.15, 0.2) is 0 Å². The molecule has 0 amide bonds. The molecule has 0 heterocycles. The second-order valence-corrected chi connectivity index (χ2v) is 7.98. The van der Waals surface area contributed by atoms with Crippen molar-refractivity contribution in [2.75, 3.05) is 13.2 Å². The zero-order valence-corrected chi connectivity index (χ0v) is 15.9. The third-order valence-corrected chi connectivity index (χ3v) is 5.84. The van der Waals surface area contributed by atoms with Gasteiger partial charge in [0.05, 0.1) is 4.90 Å². The van der Waals surface area contributed by atoms with Crippen LogP contribution in [0, 0.1) is 27.7 Å². The van der Waals surface area contributed by atoms with Crippen LogP contribution < -0.4 is 9.46 Å². The maximum absolute atomic E-state index is 12.3. The number of nitrogens with one attached hydrogen (secondary N) is 1. The topological polar surface area (TPSA) is 55.4 Å². The van der Waals surface area contributed by atoms with E-state index in [1.54, 1.807) is 19.1 Å². The molecule has 0 fully saturated rings. The van der Waals surface area contributed by atoms with Gasteiger partial charge in [-0.15, -0.1) is 0 Å². The summed E-state index contributed by atoms with van der Waals surface area (Å²) in [4.78, 5) is 0.201. The predicted molar refractivity (Wildman–Crippen MR) is 97.5 cm³/mol. The molecule has 2 rings (SSSR count). The van der Waals surface area contributed by atoms with Gasteiger partial charge in [-0.05, 0) is 68.1 Å². The molecule has 24 heavy (non-hydrogen) atoms. The first-order valence-electron chi connectivity index (χ1n) is 7.68. The summed E-state index contributed by atoms with van der Waals surface area (Å²) in [5.41, 5.74) is 3.98. The smallest absolute Gasteiger partial charge is 0.240 e.